The van der Waals surface area contributed by atoms with Crippen molar-refractivity contribution in [3.63, 3.8) is 0 Å². The smallest absolute Gasteiger partial charge is 0.340 e. The molecule has 0 bridgehead atoms. The molecule has 0 amide bonds. The summed E-state index contributed by atoms with van der Waals surface area (Å²) in [6.07, 6.45) is 2.62. The molecule has 1 heterocycles. The molecule has 1 atom stereocenters. The van der Waals surface area contributed by atoms with E-state index in [1.165, 1.54) is 0 Å². The molecule has 1 N–H and O–H groups in total. The lowest BCUT2D eigenvalue weighted by Gasteiger charge is -2.33. The van der Waals surface area contributed by atoms with Crippen LogP contribution in [0.3, 0.4) is 0 Å². The van der Waals surface area contributed by atoms with Crippen LogP contribution in [0.15, 0.2) is 42.5 Å². The minimum atomic E-state index is -0.558. The van der Waals surface area contributed by atoms with Gasteiger partial charge in [0.25, 0.3) is 0 Å². The number of carbonyl (C=O) groups is 1. The quantitative estimate of drug-likeness (QED) is 0.273. The third-order valence-corrected chi connectivity index (χ3v) is 8.11. The molecule has 2 aromatic rings. The molecule has 0 aromatic heterocycles. The summed E-state index contributed by atoms with van der Waals surface area (Å²) in [6, 6.07) is 14.2. The molecular weight excluding hydrogens is 655 g/mol. The summed E-state index contributed by atoms with van der Waals surface area (Å²) in [6.45, 7) is 1.81. The van der Waals surface area contributed by atoms with Crippen LogP contribution >= 0.6 is 67.8 Å². The molecule has 1 unspecified atom stereocenters. The van der Waals surface area contributed by atoms with E-state index < -0.39 is 5.60 Å². The fraction of sp³-hybridized carbons (Fsp3) is 0.316. The summed E-state index contributed by atoms with van der Waals surface area (Å²) in [5, 5.41) is 3.42. The molecule has 25 heavy (non-hydrogen) atoms. The lowest BCUT2D eigenvalue weighted by atomic mass is 9.86. The van der Waals surface area contributed by atoms with Gasteiger partial charge >= 0.3 is 5.97 Å². The SMILES string of the molecule is O=C(OC1(c2ccccc2)CCCNCC1)c1cc(I)cc(I)c1I. The van der Waals surface area contributed by atoms with Gasteiger partial charge in [0.05, 0.1) is 5.56 Å². The Balaban J connectivity index is 1.97. The maximum absolute atomic E-state index is 13.1. The minimum absolute atomic E-state index is 0.230. The minimum Gasteiger partial charge on any atom is -0.451 e. The van der Waals surface area contributed by atoms with E-state index in [0.717, 1.165) is 48.6 Å². The van der Waals surface area contributed by atoms with Crippen molar-refractivity contribution >= 4 is 73.7 Å². The van der Waals surface area contributed by atoms with Crippen LogP contribution in [-0.2, 0) is 10.3 Å². The summed E-state index contributed by atoms with van der Waals surface area (Å²) in [5.41, 5.74) is 1.18. The van der Waals surface area contributed by atoms with Gasteiger partial charge in [0, 0.05) is 17.1 Å². The molecule has 3 nitrogen and oxygen atoms in total. The van der Waals surface area contributed by atoms with Gasteiger partial charge in [-0.3, -0.25) is 0 Å². The van der Waals surface area contributed by atoms with Crippen molar-refractivity contribution in [3.8, 4) is 0 Å². The third kappa shape index (κ3) is 4.67. The number of benzene rings is 2. The largest absolute Gasteiger partial charge is 0.451 e. The zero-order chi connectivity index (χ0) is 17.9. The van der Waals surface area contributed by atoms with Crippen LogP contribution in [0.4, 0.5) is 0 Å². The van der Waals surface area contributed by atoms with E-state index in [4.69, 9.17) is 4.74 Å². The average Bonchev–Trinajstić information content (AvgIpc) is 2.85. The summed E-state index contributed by atoms with van der Waals surface area (Å²) in [7, 11) is 0. The molecule has 0 saturated carbocycles. The van der Waals surface area contributed by atoms with Gasteiger partial charge < -0.3 is 10.1 Å². The maximum Gasteiger partial charge on any atom is 0.340 e. The molecular formula is C19H18I3NO2. The molecule has 1 fully saturated rings. The number of ether oxygens (including phenoxy) is 1. The zero-order valence-corrected chi connectivity index (χ0v) is 20.0. The van der Waals surface area contributed by atoms with Gasteiger partial charge in [-0.1, -0.05) is 30.3 Å². The molecule has 1 aliphatic rings. The lowest BCUT2D eigenvalue weighted by molar-refractivity contribution is -0.0285. The number of carbonyl (C=O) groups excluding carboxylic acids is 1. The number of nitrogens with one attached hydrogen (secondary N) is 1. The number of hydrogen-bond acceptors (Lipinski definition) is 3. The van der Waals surface area contributed by atoms with Crippen molar-refractivity contribution in [1.82, 2.24) is 5.32 Å². The average molecular weight is 673 g/mol. The van der Waals surface area contributed by atoms with E-state index >= 15 is 0 Å². The molecule has 132 valence electrons. The number of rotatable bonds is 3. The second-order valence-electron chi connectivity index (χ2n) is 6.10. The van der Waals surface area contributed by atoms with Crippen molar-refractivity contribution < 1.29 is 9.53 Å². The van der Waals surface area contributed by atoms with Crippen LogP contribution < -0.4 is 5.32 Å². The lowest BCUT2D eigenvalue weighted by Crippen LogP contribution is -2.34. The molecule has 2 aromatic carbocycles. The zero-order valence-electron chi connectivity index (χ0n) is 13.5. The molecule has 0 spiro atoms. The number of halogens is 3. The van der Waals surface area contributed by atoms with Gasteiger partial charge in [-0.15, -0.1) is 0 Å². The normalized spacial score (nSPS) is 20.8. The second-order valence-corrected chi connectivity index (χ2v) is 9.59. The summed E-state index contributed by atoms with van der Waals surface area (Å²) < 4.78 is 9.31. The number of esters is 1. The third-order valence-electron chi connectivity index (χ3n) is 4.44. The topological polar surface area (TPSA) is 38.3 Å². The van der Waals surface area contributed by atoms with E-state index in [2.05, 4.69) is 91.3 Å². The maximum atomic E-state index is 13.1. The van der Waals surface area contributed by atoms with Crippen molar-refractivity contribution in [3.05, 3.63) is 64.3 Å². The van der Waals surface area contributed by atoms with Crippen LogP contribution in [0, 0.1) is 10.7 Å². The van der Waals surface area contributed by atoms with E-state index in [0.29, 0.717) is 5.56 Å². The van der Waals surface area contributed by atoms with Crippen LogP contribution in [0.1, 0.15) is 35.2 Å². The first kappa shape index (κ1) is 19.8. The Bertz CT molecular complexity index is 757. The highest BCUT2D eigenvalue weighted by Gasteiger charge is 2.37. The monoisotopic (exact) mass is 673 g/mol. The van der Waals surface area contributed by atoms with Gasteiger partial charge in [-0.05, 0) is 111 Å². The molecule has 1 saturated heterocycles. The van der Waals surface area contributed by atoms with Crippen molar-refractivity contribution in [2.45, 2.75) is 24.9 Å². The molecule has 3 rings (SSSR count). The van der Waals surface area contributed by atoms with E-state index in [9.17, 15) is 4.79 Å². The molecule has 6 heteroatoms. The standard InChI is InChI=1S/C19H18I3NO2/c20-14-11-15(17(22)16(21)12-14)18(24)25-19(7-4-9-23-10-8-19)13-5-2-1-3-6-13/h1-3,5-6,11-12,23H,4,7-10H2. The highest BCUT2D eigenvalue weighted by atomic mass is 127. The van der Waals surface area contributed by atoms with Gasteiger partial charge in [0.15, 0.2) is 0 Å². The van der Waals surface area contributed by atoms with Crippen LogP contribution in [0.2, 0.25) is 0 Å². The predicted molar refractivity (Wildman–Crippen MR) is 125 cm³/mol. The van der Waals surface area contributed by atoms with Gasteiger partial charge in [0.2, 0.25) is 0 Å². The van der Waals surface area contributed by atoms with E-state index in [1.54, 1.807) is 0 Å². The Kier molecular flexibility index (Phi) is 7.00. The number of hydrogen-bond donors (Lipinski definition) is 1. The second kappa shape index (κ2) is 8.83. The van der Waals surface area contributed by atoms with Crippen molar-refractivity contribution in [2.75, 3.05) is 13.1 Å². The van der Waals surface area contributed by atoms with Gasteiger partial charge in [0.1, 0.15) is 5.60 Å². The predicted octanol–water partition coefficient (Wildman–Crippen LogP) is 5.33. The Labute approximate surface area is 189 Å². The fourth-order valence-electron chi connectivity index (χ4n) is 3.17. The van der Waals surface area contributed by atoms with E-state index in [1.807, 2.05) is 24.3 Å². The Hall–Kier alpha value is 0.0600. The van der Waals surface area contributed by atoms with Crippen molar-refractivity contribution in [1.29, 1.82) is 0 Å². The first-order valence-corrected chi connectivity index (χ1v) is 11.4. The first-order valence-electron chi connectivity index (χ1n) is 8.16. The molecule has 0 radical (unpaired) electrons. The molecule has 0 aliphatic carbocycles. The first-order chi connectivity index (χ1) is 12.0. The fourth-order valence-corrected chi connectivity index (χ4v) is 5.54. The van der Waals surface area contributed by atoms with Crippen molar-refractivity contribution in [2.24, 2.45) is 0 Å². The molecule has 1 aliphatic heterocycles. The van der Waals surface area contributed by atoms with E-state index in [-0.39, 0.29) is 5.97 Å². The highest BCUT2D eigenvalue weighted by molar-refractivity contribution is 14.1. The summed E-state index contributed by atoms with van der Waals surface area (Å²) in [5.74, 6) is -0.230. The van der Waals surface area contributed by atoms with Gasteiger partial charge in [-0.2, -0.15) is 0 Å². The highest BCUT2D eigenvalue weighted by Crippen LogP contribution is 2.37. The van der Waals surface area contributed by atoms with Crippen LogP contribution in [-0.4, -0.2) is 19.1 Å². The van der Waals surface area contributed by atoms with Crippen LogP contribution in [0.25, 0.3) is 0 Å². The Morgan fingerprint density at radius 1 is 1.04 bits per heavy atom. The van der Waals surface area contributed by atoms with Gasteiger partial charge in [-0.25, -0.2) is 4.79 Å². The summed E-state index contributed by atoms with van der Waals surface area (Å²) in [4.78, 5) is 13.1. The summed E-state index contributed by atoms with van der Waals surface area (Å²) >= 11 is 6.75. The van der Waals surface area contributed by atoms with Crippen LogP contribution in [0.5, 0.6) is 0 Å². The Morgan fingerprint density at radius 3 is 2.56 bits per heavy atom. The Morgan fingerprint density at radius 2 is 1.80 bits per heavy atom.